The van der Waals surface area contributed by atoms with Crippen LogP contribution < -0.4 is 10.6 Å². The second kappa shape index (κ2) is 11.5. The van der Waals surface area contributed by atoms with Crippen molar-refractivity contribution in [2.45, 2.75) is 32.2 Å². The van der Waals surface area contributed by atoms with Crippen LogP contribution in [0.25, 0.3) is 0 Å². The van der Waals surface area contributed by atoms with E-state index in [0.29, 0.717) is 32.0 Å². The highest BCUT2D eigenvalue weighted by Gasteiger charge is 2.24. The van der Waals surface area contributed by atoms with E-state index in [1.54, 1.807) is 0 Å². The molecule has 0 aromatic heterocycles. The lowest BCUT2D eigenvalue weighted by molar-refractivity contribution is -0.112. The van der Waals surface area contributed by atoms with Gasteiger partial charge in [-0.1, -0.05) is 19.8 Å². The van der Waals surface area contributed by atoms with Gasteiger partial charge in [0.1, 0.15) is 11.6 Å². The van der Waals surface area contributed by atoms with Crippen molar-refractivity contribution in [3.8, 4) is 0 Å². The Morgan fingerprint density at radius 1 is 1.36 bits per heavy atom. The number of anilines is 1. The normalized spacial score (nSPS) is 17.5. The third-order valence-electron chi connectivity index (χ3n) is 4.44. The standard InChI is InChI=1S/C20H28F2N4O2/c1-2-3-4-7-28-14-19-13-24-5-6-26(19)18(12-23)11-20(27)25-17-9-15(21)8-16(22)10-17/h8-12,19,23-24H,2-7,13-14H2,1H3,(H,25,27)/b18-11+,23-12?. The number of amides is 1. The number of unbranched alkanes of at least 4 members (excludes halogenated alkanes) is 2. The van der Waals surface area contributed by atoms with Gasteiger partial charge < -0.3 is 25.7 Å². The van der Waals surface area contributed by atoms with Gasteiger partial charge in [-0.2, -0.15) is 0 Å². The predicted molar refractivity (Wildman–Crippen MR) is 106 cm³/mol. The molecule has 0 radical (unpaired) electrons. The summed E-state index contributed by atoms with van der Waals surface area (Å²) in [4.78, 5) is 14.2. The lowest BCUT2D eigenvalue weighted by Gasteiger charge is -2.38. The Hall–Kier alpha value is -2.32. The molecular weight excluding hydrogens is 366 g/mol. The maximum absolute atomic E-state index is 13.3. The molecule has 154 valence electrons. The van der Waals surface area contributed by atoms with Crippen LogP contribution in [0.3, 0.4) is 0 Å². The first-order chi connectivity index (χ1) is 13.5. The van der Waals surface area contributed by atoms with Gasteiger partial charge in [-0.25, -0.2) is 8.78 Å². The predicted octanol–water partition coefficient (Wildman–Crippen LogP) is 2.92. The summed E-state index contributed by atoms with van der Waals surface area (Å²) in [5.41, 5.74) is 0.456. The molecule has 1 amide bonds. The number of piperazine rings is 1. The third kappa shape index (κ3) is 7.01. The van der Waals surface area contributed by atoms with Crippen molar-refractivity contribution in [3.05, 3.63) is 41.6 Å². The number of hydrogen-bond donors (Lipinski definition) is 3. The van der Waals surface area contributed by atoms with Crippen LogP contribution >= 0.6 is 0 Å². The average molecular weight is 394 g/mol. The number of hydrogen-bond acceptors (Lipinski definition) is 5. The van der Waals surface area contributed by atoms with Crippen molar-refractivity contribution in [2.24, 2.45) is 0 Å². The number of carbonyl (C=O) groups excluding carboxylic acids is 1. The number of rotatable bonds is 10. The Morgan fingerprint density at radius 2 is 2.11 bits per heavy atom. The highest BCUT2D eigenvalue weighted by atomic mass is 19.1. The summed E-state index contributed by atoms with van der Waals surface area (Å²) >= 11 is 0. The molecule has 3 N–H and O–H groups in total. The molecule has 1 fully saturated rings. The molecule has 1 aromatic rings. The molecule has 1 aliphatic rings. The van der Waals surface area contributed by atoms with Crippen molar-refractivity contribution in [3.63, 3.8) is 0 Å². The maximum Gasteiger partial charge on any atom is 0.250 e. The first-order valence-corrected chi connectivity index (χ1v) is 9.57. The van der Waals surface area contributed by atoms with Crippen LogP contribution in [0.15, 0.2) is 30.0 Å². The number of halogens is 2. The Morgan fingerprint density at radius 3 is 2.79 bits per heavy atom. The number of allylic oxidation sites excluding steroid dienone is 1. The van der Waals surface area contributed by atoms with Gasteiger partial charge in [0.05, 0.1) is 18.3 Å². The highest BCUT2D eigenvalue weighted by Crippen LogP contribution is 2.15. The molecule has 1 unspecified atom stereocenters. The largest absolute Gasteiger partial charge is 0.379 e. The smallest absolute Gasteiger partial charge is 0.250 e. The van der Waals surface area contributed by atoms with Gasteiger partial charge in [-0.15, -0.1) is 0 Å². The van der Waals surface area contributed by atoms with Gasteiger partial charge >= 0.3 is 0 Å². The van der Waals surface area contributed by atoms with E-state index in [2.05, 4.69) is 17.6 Å². The molecule has 0 aliphatic carbocycles. The quantitative estimate of drug-likeness (QED) is 0.324. The molecule has 1 aliphatic heterocycles. The minimum atomic E-state index is -0.769. The fraction of sp³-hybridized carbons (Fsp3) is 0.500. The zero-order valence-electron chi connectivity index (χ0n) is 16.1. The van der Waals surface area contributed by atoms with Gasteiger partial charge in [-0.05, 0) is 18.6 Å². The van der Waals surface area contributed by atoms with E-state index in [4.69, 9.17) is 10.1 Å². The summed E-state index contributed by atoms with van der Waals surface area (Å²) in [6.07, 6.45) is 5.65. The molecule has 1 saturated heterocycles. The van der Waals surface area contributed by atoms with Crippen LogP contribution in [0, 0.1) is 17.0 Å². The summed E-state index contributed by atoms with van der Waals surface area (Å²) in [7, 11) is 0. The van der Waals surface area contributed by atoms with Crippen molar-refractivity contribution >= 4 is 17.8 Å². The Kier molecular flexibility index (Phi) is 9.03. The van der Waals surface area contributed by atoms with Crippen LogP contribution in [-0.4, -0.2) is 55.9 Å². The van der Waals surface area contributed by atoms with Crippen LogP contribution in [-0.2, 0) is 9.53 Å². The molecule has 0 bridgehead atoms. The van der Waals surface area contributed by atoms with Crippen LogP contribution in [0.1, 0.15) is 26.2 Å². The van der Waals surface area contributed by atoms with Crippen LogP contribution in [0.2, 0.25) is 0 Å². The van der Waals surface area contributed by atoms with Crippen LogP contribution in [0.5, 0.6) is 0 Å². The van der Waals surface area contributed by atoms with E-state index in [1.807, 2.05) is 4.90 Å². The Labute approximate surface area is 164 Å². The molecule has 28 heavy (non-hydrogen) atoms. The fourth-order valence-electron chi connectivity index (χ4n) is 3.07. The molecule has 1 atom stereocenters. The van der Waals surface area contributed by atoms with Crippen molar-refractivity contribution in [1.29, 1.82) is 5.41 Å². The molecule has 8 heteroatoms. The summed E-state index contributed by atoms with van der Waals surface area (Å²) in [5.74, 6) is -2.09. The zero-order chi connectivity index (χ0) is 20.4. The zero-order valence-corrected chi connectivity index (χ0v) is 16.1. The first kappa shape index (κ1) is 22.0. The number of ether oxygens (including phenoxy) is 1. The van der Waals surface area contributed by atoms with Gasteiger partial charge in [0, 0.05) is 50.3 Å². The van der Waals surface area contributed by atoms with E-state index < -0.39 is 17.5 Å². The molecule has 1 aromatic carbocycles. The topological polar surface area (TPSA) is 77.5 Å². The van der Waals surface area contributed by atoms with E-state index in [1.165, 1.54) is 6.08 Å². The van der Waals surface area contributed by atoms with E-state index >= 15 is 0 Å². The number of nitrogens with one attached hydrogen (secondary N) is 3. The number of benzene rings is 1. The van der Waals surface area contributed by atoms with Crippen molar-refractivity contribution in [2.75, 3.05) is 38.2 Å². The van der Waals surface area contributed by atoms with E-state index in [0.717, 1.165) is 50.2 Å². The lowest BCUT2D eigenvalue weighted by atomic mass is 10.1. The van der Waals surface area contributed by atoms with Gasteiger partial charge in [0.15, 0.2) is 0 Å². The summed E-state index contributed by atoms with van der Waals surface area (Å²) in [5, 5.41) is 13.4. The van der Waals surface area contributed by atoms with Gasteiger partial charge in [0.2, 0.25) is 0 Å². The second-order valence-corrected chi connectivity index (χ2v) is 6.69. The maximum atomic E-state index is 13.3. The minimum Gasteiger partial charge on any atom is -0.379 e. The third-order valence-corrected chi connectivity index (χ3v) is 4.44. The number of carbonyl (C=O) groups is 1. The molecule has 1 heterocycles. The minimum absolute atomic E-state index is 0.00245. The van der Waals surface area contributed by atoms with E-state index in [-0.39, 0.29) is 11.7 Å². The second-order valence-electron chi connectivity index (χ2n) is 6.69. The monoisotopic (exact) mass is 394 g/mol. The van der Waals surface area contributed by atoms with Crippen LogP contribution in [0.4, 0.5) is 14.5 Å². The van der Waals surface area contributed by atoms with Crippen molar-refractivity contribution in [1.82, 2.24) is 10.2 Å². The fourth-order valence-corrected chi connectivity index (χ4v) is 3.07. The molecule has 2 rings (SSSR count). The Balaban J connectivity index is 2.00. The first-order valence-electron chi connectivity index (χ1n) is 9.57. The Bertz CT molecular complexity index is 677. The number of nitrogens with zero attached hydrogens (tertiary/aromatic N) is 1. The SMILES string of the molecule is CCCCCOCC1CNCCN1/C(C=N)=C/C(=O)Nc1cc(F)cc(F)c1. The molecular formula is C20H28F2N4O2. The van der Waals surface area contributed by atoms with Gasteiger partial charge in [0.25, 0.3) is 5.91 Å². The lowest BCUT2D eigenvalue weighted by Crippen LogP contribution is -2.53. The summed E-state index contributed by atoms with van der Waals surface area (Å²) in [6, 6.07) is 2.82. The molecule has 0 saturated carbocycles. The van der Waals surface area contributed by atoms with Gasteiger partial charge in [-0.3, -0.25) is 4.79 Å². The van der Waals surface area contributed by atoms with Crippen molar-refractivity contribution < 1.29 is 18.3 Å². The average Bonchev–Trinajstić information content (AvgIpc) is 2.65. The highest BCUT2D eigenvalue weighted by molar-refractivity contribution is 6.02. The summed E-state index contributed by atoms with van der Waals surface area (Å²) < 4.78 is 32.3. The van der Waals surface area contributed by atoms with E-state index in [9.17, 15) is 13.6 Å². The molecule has 6 nitrogen and oxygen atoms in total. The molecule has 0 spiro atoms. The summed E-state index contributed by atoms with van der Waals surface area (Å²) in [6.45, 7) is 5.37.